The maximum Gasteiger partial charge on any atom is 0.269 e. The lowest BCUT2D eigenvalue weighted by atomic mass is 10.1. The molecular formula is C27H25N3O2. The molecule has 0 spiro atoms. The zero-order chi connectivity index (χ0) is 22.1. The summed E-state index contributed by atoms with van der Waals surface area (Å²) < 4.78 is 1.54. The normalized spacial score (nSPS) is 15.0. The van der Waals surface area contributed by atoms with Gasteiger partial charge in [-0.05, 0) is 48.6 Å². The van der Waals surface area contributed by atoms with E-state index in [1.807, 2.05) is 35.2 Å². The van der Waals surface area contributed by atoms with Crippen LogP contribution in [0, 0.1) is 6.92 Å². The molecule has 160 valence electrons. The van der Waals surface area contributed by atoms with E-state index < -0.39 is 0 Å². The Morgan fingerprint density at radius 1 is 1.03 bits per heavy atom. The molecule has 3 aromatic carbocycles. The monoisotopic (exact) mass is 423 g/mol. The highest BCUT2D eigenvalue weighted by Crippen LogP contribution is 2.36. The Balaban J connectivity index is 1.52. The molecule has 1 amide bonds. The lowest BCUT2D eigenvalue weighted by Gasteiger charge is -2.30. The van der Waals surface area contributed by atoms with E-state index >= 15 is 0 Å². The Morgan fingerprint density at radius 2 is 1.78 bits per heavy atom. The number of aromatic nitrogens is 2. The van der Waals surface area contributed by atoms with Crippen molar-refractivity contribution >= 4 is 16.9 Å². The third-order valence-corrected chi connectivity index (χ3v) is 6.32. The molecule has 5 rings (SSSR count). The molecule has 1 aliphatic carbocycles. The van der Waals surface area contributed by atoms with Gasteiger partial charge in [0.1, 0.15) is 6.54 Å². The van der Waals surface area contributed by atoms with Gasteiger partial charge in [0.15, 0.2) is 0 Å². The minimum Gasteiger partial charge on any atom is -0.330 e. The van der Waals surface area contributed by atoms with Crippen LogP contribution in [0.4, 0.5) is 0 Å². The molecule has 1 heterocycles. The van der Waals surface area contributed by atoms with Gasteiger partial charge in [-0.3, -0.25) is 14.2 Å². The third kappa shape index (κ3) is 3.82. The van der Waals surface area contributed by atoms with Gasteiger partial charge in [0, 0.05) is 6.54 Å². The van der Waals surface area contributed by atoms with Crippen molar-refractivity contribution in [2.24, 2.45) is 0 Å². The average molecular weight is 424 g/mol. The number of nitrogens with zero attached hydrogens (tertiary/aromatic N) is 3. The summed E-state index contributed by atoms with van der Waals surface area (Å²) in [5.41, 5.74) is 5.89. The van der Waals surface area contributed by atoms with E-state index in [-0.39, 0.29) is 24.1 Å². The van der Waals surface area contributed by atoms with E-state index in [0.717, 1.165) is 18.4 Å². The smallest absolute Gasteiger partial charge is 0.269 e. The number of hydrogen-bond acceptors (Lipinski definition) is 3. The molecule has 0 bridgehead atoms. The summed E-state index contributed by atoms with van der Waals surface area (Å²) in [5.74, 6) is -0.0641. The molecule has 5 heteroatoms. The molecule has 0 saturated heterocycles. The van der Waals surface area contributed by atoms with Gasteiger partial charge in [0.05, 0.1) is 23.3 Å². The SMILES string of the molecule is Cc1ccc(CN(C(=O)Cn2c(=O)cnc3ccccc32)C2CCc3ccccc32)cc1. The number of para-hydroxylation sites is 2. The van der Waals surface area contributed by atoms with Crippen LogP contribution in [0.2, 0.25) is 0 Å². The van der Waals surface area contributed by atoms with Crippen LogP contribution in [0.3, 0.4) is 0 Å². The molecule has 5 nitrogen and oxygen atoms in total. The van der Waals surface area contributed by atoms with Gasteiger partial charge in [0.25, 0.3) is 5.56 Å². The number of aryl methyl sites for hydroxylation is 2. The second-order valence-electron chi connectivity index (χ2n) is 8.43. The van der Waals surface area contributed by atoms with Crippen molar-refractivity contribution in [3.8, 4) is 0 Å². The number of fused-ring (bicyclic) bond motifs is 2. The van der Waals surface area contributed by atoms with Crippen molar-refractivity contribution in [1.29, 1.82) is 0 Å². The summed E-state index contributed by atoms with van der Waals surface area (Å²) in [7, 11) is 0. The Hall–Kier alpha value is -3.73. The molecule has 0 fully saturated rings. The predicted molar refractivity (Wildman–Crippen MR) is 125 cm³/mol. The van der Waals surface area contributed by atoms with Gasteiger partial charge < -0.3 is 4.90 Å². The topological polar surface area (TPSA) is 55.2 Å². The van der Waals surface area contributed by atoms with Gasteiger partial charge in [-0.25, -0.2) is 4.98 Å². The standard InChI is InChI=1S/C27H25N3O2/c1-19-10-12-20(13-11-19)17-29(24-15-14-21-6-2-3-7-22(21)24)27(32)18-30-25-9-5-4-8-23(25)28-16-26(30)31/h2-13,16,24H,14-15,17-18H2,1H3. The number of benzene rings is 3. The fourth-order valence-corrected chi connectivity index (χ4v) is 4.62. The maximum absolute atomic E-state index is 13.7. The highest BCUT2D eigenvalue weighted by atomic mass is 16.2. The summed E-state index contributed by atoms with van der Waals surface area (Å²) in [6.07, 6.45) is 3.14. The first kappa shape index (κ1) is 20.2. The van der Waals surface area contributed by atoms with E-state index in [9.17, 15) is 9.59 Å². The van der Waals surface area contributed by atoms with Crippen LogP contribution in [-0.2, 0) is 24.3 Å². The Bertz CT molecular complexity index is 1340. The Morgan fingerprint density at radius 3 is 2.62 bits per heavy atom. The molecule has 32 heavy (non-hydrogen) atoms. The number of rotatable bonds is 5. The minimum atomic E-state index is -0.265. The van der Waals surface area contributed by atoms with E-state index in [2.05, 4.69) is 54.4 Å². The van der Waals surface area contributed by atoms with Crippen molar-refractivity contribution in [3.63, 3.8) is 0 Å². The third-order valence-electron chi connectivity index (χ3n) is 6.32. The highest BCUT2D eigenvalue weighted by molar-refractivity contribution is 5.80. The van der Waals surface area contributed by atoms with Crippen LogP contribution in [0.5, 0.6) is 0 Å². The predicted octanol–water partition coefficient (Wildman–Crippen LogP) is 4.42. The van der Waals surface area contributed by atoms with Crippen molar-refractivity contribution in [1.82, 2.24) is 14.5 Å². The zero-order valence-electron chi connectivity index (χ0n) is 18.1. The van der Waals surface area contributed by atoms with Crippen LogP contribution in [-0.4, -0.2) is 20.4 Å². The van der Waals surface area contributed by atoms with E-state index in [4.69, 9.17) is 0 Å². The quantitative estimate of drug-likeness (QED) is 0.477. The van der Waals surface area contributed by atoms with Crippen molar-refractivity contribution in [2.45, 2.75) is 38.9 Å². The van der Waals surface area contributed by atoms with Gasteiger partial charge in [-0.15, -0.1) is 0 Å². The van der Waals surface area contributed by atoms with Crippen LogP contribution >= 0.6 is 0 Å². The summed E-state index contributed by atoms with van der Waals surface area (Å²) in [6, 6.07) is 24.1. The molecule has 4 aromatic rings. The van der Waals surface area contributed by atoms with E-state index in [1.54, 1.807) is 0 Å². The van der Waals surface area contributed by atoms with Crippen LogP contribution in [0.15, 0.2) is 83.8 Å². The van der Waals surface area contributed by atoms with Crippen LogP contribution in [0.25, 0.3) is 11.0 Å². The minimum absolute atomic E-state index is 0.00352. The van der Waals surface area contributed by atoms with Gasteiger partial charge >= 0.3 is 0 Å². The highest BCUT2D eigenvalue weighted by Gasteiger charge is 2.31. The lowest BCUT2D eigenvalue weighted by Crippen LogP contribution is -2.38. The number of carbonyl (C=O) groups excluding carboxylic acids is 1. The van der Waals surface area contributed by atoms with Crippen LogP contribution in [0.1, 0.15) is 34.7 Å². The molecule has 1 unspecified atom stereocenters. The number of hydrogen-bond donors (Lipinski definition) is 0. The van der Waals surface area contributed by atoms with E-state index in [0.29, 0.717) is 17.6 Å². The molecule has 0 radical (unpaired) electrons. The first-order valence-corrected chi connectivity index (χ1v) is 11.0. The zero-order valence-corrected chi connectivity index (χ0v) is 18.1. The summed E-state index contributed by atoms with van der Waals surface area (Å²) >= 11 is 0. The molecule has 0 N–H and O–H groups in total. The van der Waals surface area contributed by atoms with E-state index in [1.165, 1.54) is 27.5 Å². The second kappa shape index (κ2) is 8.42. The van der Waals surface area contributed by atoms with Crippen molar-refractivity contribution in [2.75, 3.05) is 0 Å². The van der Waals surface area contributed by atoms with Crippen LogP contribution < -0.4 is 5.56 Å². The van der Waals surface area contributed by atoms with Gasteiger partial charge in [-0.1, -0.05) is 66.2 Å². The molecular weight excluding hydrogens is 398 g/mol. The van der Waals surface area contributed by atoms with Crippen molar-refractivity contribution in [3.05, 3.63) is 112 Å². The summed E-state index contributed by atoms with van der Waals surface area (Å²) in [4.78, 5) is 32.5. The Kier molecular flexibility index (Phi) is 5.31. The molecule has 1 aromatic heterocycles. The number of carbonyl (C=O) groups is 1. The molecule has 1 atom stereocenters. The average Bonchev–Trinajstić information content (AvgIpc) is 3.24. The first-order chi connectivity index (χ1) is 15.6. The summed E-state index contributed by atoms with van der Waals surface area (Å²) in [6.45, 7) is 2.56. The summed E-state index contributed by atoms with van der Waals surface area (Å²) in [5, 5.41) is 0. The Labute approximate surface area is 187 Å². The first-order valence-electron chi connectivity index (χ1n) is 11.0. The fourth-order valence-electron chi connectivity index (χ4n) is 4.62. The van der Waals surface area contributed by atoms with Gasteiger partial charge in [0.2, 0.25) is 5.91 Å². The molecule has 0 saturated carbocycles. The molecule has 0 aliphatic heterocycles. The second-order valence-corrected chi connectivity index (χ2v) is 8.43. The fraction of sp³-hybridized carbons (Fsp3) is 0.222. The lowest BCUT2D eigenvalue weighted by molar-refractivity contribution is -0.135. The van der Waals surface area contributed by atoms with Crippen molar-refractivity contribution < 1.29 is 4.79 Å². The largest absolute Gasteiger partial charge is 0.330 e. The maximum atomic E-state index is 13.7. The van der Waals surface area contributed by atoms with Gasteiger partial charge in [-0.2, -0.15) is 0 Å². The molecule has 1 aliphatic rings. The number of amides is 1.